The van der Waals surface area contributed by atoms with Gasteiger partial charge >= 0.3 is 0 Å². The zero-order valence-electron chi connectivity index (χ0n) is 12.8. The summed E-state index contributed by atoms with van der Waals surface area (Å²) in [7, 11) is 3.50. The smallest absolute Gasteiger partial charge is 0.253 e. The van der Waals surface area contributed by atoms with E-state index in [2.05, 4.69) is 4.98 Å². The van der Waals surface area contributed by atoms with Crippen molar-refractivity contribution in [3.8, 4) is 11.1 Å². The van der Waals surface area contributed by atoms with Crippen molar-refractivity contribution in [2.45, 2.75) is 20.8 Å². The van der Waals surface area contributed by atoms with Gasteiger partial charge in [-0.25, -0.2) is 0 Å². The van der Waals surface area contributed by atoms with Crippen LogP contribution in [0.1, 0.15) is 29.9 Å². The molecule has 2 rings (SSSR count). The lowest BCUT2D eigenvalue weighted by Crippen LogP contribution is -2.21. The molecule has 1 aromatic carbocycles. The molecule has 0 aliphatic carbocycles. The van der Waals surface area contributed by atoms with E-state index < -0.39 is 0 Å². The summed E-state index contributed by atoms with van der Waals surface area (Å²) in [6, 6.07) is 11.6. The molecule has 3 heteroatoms. The van der Waals surface area contributed by atoms with Gasteiger partial charge in [-0.05, 0) is 30.7 Å². The van der Waals surface area contributed by atoms with Crippen LogP contribution < -0.4 is 0 Å². The van der Waals surface area contributed by atoms with E-state index in [0.29, 0.717) is 5.56 Å². The minimum Gasteiger partial charge on any atom is -0.345 e. The van der Waals surface area contributed by atoms with Gasteiger partial charge in [0.05, 0.1) is 0 Å². The van der Waals surface area contributed by atoms with E-state index in [1.807, 2.05) is 57.2 Å². The minimum atomic E-state index is 0.0180. The summed E-state index contributed by atoms with van der Waals surface area (Å²) in [6.07, 6.45) is 1.78. The average molecular weight is 270 g/mol. The average Bonchev–Trinajstić information content (AvgIpc) is 2.49. The Morgan fingerprint density at radius 2 is 1.65 bits per heavy atom. The van der Waals surface area contributed by atoms with Crippen molar-refractivity contribution in [3.05, 3.63) is 53.9 Å². The number of aryl methyl sites for hydroxylation is 1. The van der Waals surface area contributed by atoms with Gasteiger partial charge in [0.2, 0.25) is 0 Å². The molecule has 0 bridgehead atoms. The Balaban J connectivity index is 0.000000956. The first kappa shape index (κ1) is 15.9. The summed E-state index contributed by atoms with van der Waals surface area (Å²) in [5.41, 5.74) is 3.87. The van der Waals surface area contributed by atoms with Crippen molar-refractivity contribution in [1.82, 2.24) is 9.88 Å². The summed E-state index contributed by atoms with van der Waals surface area (Å²) in [5, 5.41) is 0. The second-order valence-electron chi connectivity index (χ2n) is 4.41. The maximum Gasteiger partial charge on any atom is 0.253 e. The number of amides is 1. The molecule has 1 aromatic heterocycles. The fourth-order valence-electron chi connectivity index (χ4n) is 1.84. The zero-order valence-corrected chi connectivity index (χ0v) is 12.8. The minimum absolute atomic E-state index is 0.0180. The first-order valence-electron chi connectivity index (χ1n) is 6.83. The van der Waals surface area contributed by atoms with Gasteiger partial charge in [-0.2, -0.15) is 0 Å². The molecule has 1 amide bonds. The lowest BCUT2D eigenvalue weighted by Gasteiger charge is -2.11. The van der Waals surface area contributed by atoms with E-state index >= 15 is 0 Å². The molecule has 1 heterocycles. The van der Waals surface area contributed by atoms with Crippen LogP contribution in [0.4, 0.5) is 0 Å². The third-order valence-electron chi connectivity index (χ3n) is 2.86. The first-order valence-corrected chi connectivity index (χ1v) is 6.83. The third kappa shape index (κ3) is 3.67. The highest BCUT2D eigenvalue weighted by Gasteiger charge is 2.08. The molecule has 0 fully saturated rings. The Hall–Kier alpha value is -2.16. The summed E-state index contributed by atoms with van der Waals surface area (Å²) in [6.45, 7) is 5.98. The number of carbonyl (C=O) groups excluding carboxylic acids is 1. The number of carbonyl (C=O) groups is 1. The van der Waals surface area contributed by atoms with E-state index in [4.69, 9.17) is 0 Å². The Bertz CT molecular complexity index is 559. The van der Waals surface area contributed by atoms with Crippen LogP contribution in [-0.4, -0.2) is 29.9 Å². The zero-order chi connectivity index (χ0) is 15.1. The van der Waals surface area contributed by atoms with E-state index in [0.717, 1.165) is 16.8 Å². The normalized spacial score (nSPS) is 9.45. The van der Waals surface area contributed by atoms with Crippen LogP contribution in [0, 0.1) is 6.92 Å². The van der Waals surface area contributed by atoms with Crippen molar-refractivity contribution < 1.29 is 4.79 Å². The van der Waals surface area contributed by atoms with Gasteiger partial charge < -0.3 is 4.90 Å². The van der Waals surface area contributed by atoms with Crippen molar-refractivity contribution in [2.75, 3.05) is 14.1 Å². The summed E-state index contributed by atoms with van der Waals surface area (Å²) in [4.78, 5) is 17.6. The number of hydrogen-bond acceptors (Lipinski definition) is 2. The Kier molecular flexibility index (Phi) is 5.91. The fourth-order valence-corrected chi connectivity index (χ4v) is 1.84. The van der Waals surface area contributed by atoms with Gasteiger partial charge in [-0.15, -0.1) is 0 Å². The molecule has 2 aromatic rings. The van der Waals surface area contributed by atoms with Crippen LogP contribution in [0.5, 0.6) is 0 Å². The largest absolute Gasteiger partial charge is 0.345 e. The molecule has 0 spiro atoms. The van der Waals surface area contributed by atoms with Crippen LogP contribution in [0.15, 0.2) is 42.6 Å². The van der Waals surface area contributed by atoms with Gasteiger partial charge in [-0.1, -0.05) is 32.0 Å². The molecule has 3 nitrogen and oxygen atoms in total. The van der Waals surface area contributed by atoms with Crippen LogP contribution in [0.3, 0.4) is 0 Å². The van der Waals surface area contributed by atoms with Crippen molar-refractivity contribution in [3.63, 3.8) is 0 Å². The number of aromatic nitrogens is 1. The second kappa shape index (κ2) is 7.43. The predicted octanol–water partition coefficient (Wildman–Crippen LogP) is 3.79. The Morgan fingerprint density at radius 3 is 2.15 bits per heavy atom. The molecule has 0 N–H and O–H groups in total. The summed E-state index contributed by atoms with van der Waals surface area (Å²) < 4.78 is 0. The number of hydrogen-bond donors (Lipinski definition) is 0. The second-order valence-corrected chi connectivity index (χ2v) is 4.41. The van der Waals surface area contributed by atoms with E-state index in [1.54, 1.807) is 25.2 Å². The van der Waals surface area contributed by atoms with Crippen molar-refractivity contribution in [2.24, 2.45) is 0 Å². The van der Waals surface area contributed by atoms with Crippen LogP contribution in [0.25, 0.3) is 11.1 Å². The number of benzene rings is 1. The quantitative estimate of drug-likeness (QED) is 0.832. The third-order valence-corrected chi connectivity index (χ3v) is 2.86. The van der Waals surface area contributed by atoms with Crippen molar-refractivity contribution in [1.29, 1.82) is 0 Å². The SMILES string of the molecule is CC.Cc1ncccc1-c1ccc(C(=O)N(C)C)cc1. The number of pyridine rings is 1. The molecule has 0 unspecified atom stereocenters. The molecule has 0 saturated carbocycles. The molecule has 20 heavy (non-hydrogen) atoms. The Labute approximate surface area is 121 Å². The highest BCUT2D eigenvalue weighted by atomic mass is 16.2. The van der Waals surface area contributed by atoms with Crippen molar-refractivity contribution >= 4 is 5.91 Å². The highest BCUT2D eigenvalue weighted by Crippen LogP contribution is 2.22. The highest BCUT2D eigenvalue weighted by molar-refractivity contribution is 5.94. The lowest BCUT2D eigenvalue weighted by molar-refractivity contribution is 0.0827. The fraction of sp³-hybridized carbons (Fsp3) is 0.294. The molecular weight excluding hydrogens is 248 g/mol. The van der Waals surface area contributed by atoms with Crippen LogP contribution in [0.2, 0.25) is 0 Å². The molecule has 0 aliphatic rings. The van der Waals surface area contributed by atoms with Crippen LogP contribution in [-0.2, 0) is 0 Å². The molecule has 0 saturated heterocycles. The monoisotopic (exact) mass is 270 g/mol. The van der Waals surface area contributed by atoms with Gasteiger partial charge in [0.15, 0.2) is 0 Å². The topological polar surface area (TPSA) is 33.2 Å². The molecular formula is C17H22N2O. The first-order chi connectivity index (χ1) is 9.59. The number of nitrogens with zero attached hydrogens (tertiary/aromatic N) is 2. The predicted molar refractivity (Wildman–Crippen MR) is 83.8 cm³/mol. The van der Waals surface area contributed by atoms with Gasteiger partial charge in [0.25, 0.3) is 5.91 Å². The molecule has 0 aliphatic heterocycles. The van der Waals surface area contributed by atoms with E-state index in [1.165, 1.54) is 0 Å². The van der Waals surface area contributed by atoms with Crippen LogP contribution >= 0.6 is 0 Å². The number of rotatable bonds is 2. The molecule has 0 atom stereocenters. The molecule has 0 radical (unpaired) electrons. The van der Waals surface area contributed by atoms with Gasteiger partial charge in [-0.3, -0.25) is 9.78 Å². The lowest BCUT2D eigenvalue weighted by atomic mass is 10.0. The van der Waals surface area contributed by atoms with E-state index in [-0.39, 0.29) is 5.91 Å². The van der Waals surface area contributed by atoms with Gasteiger partial charge in [0.1, 0.15) is 0 Å². The Morgan fingerprint density at radius 1 is 1.05 bits per heavy atom. The standard InChI is InChI=1S/C15H16N2O.C2H6/c1-11-14(5-4-10-16-11)12-6-8-13(9-7-12)15(18)17(2)3;1-2/h4-10H,1-3H3;1-2H3. The summed E-state index contributed by atoms with van der Waals surface area (Å²) in [5.74, 6) is 0.0180. The summed E-state index contributed by atoms with van der Waals surface area (Å²) >= 11 is 0. The maximum atomic E-state index is 11.8. The maximum absolute atomic E-state index is 11.8. The van der Waals surface area contributed by atoms with Gasteiger partial charge in [0, 0.05) is 37.1 Å². The van der Waals surface area contributed by atoms with E-state index in [9.17, 15) is 4.79 Å². The molecule has 106 valence electrons.